The van der Waals surface area contributed by atoms with E-state index in [-0.39, 0.29) is 12.3 Å². The number of aromatic nitrogens is 1. The summed E-state index contributed by atoms with van der Waals surface area (Å²) in [5.41, 5.74) is 1.36. The van der Waals surface area contributed by atoms with Crippen molar-refractivity contribution in [2.75, 3.05) is 11.9 Å². The number of thiazole rings is 1. The van der Waals surface area contributed by atoms with Crippen molar-refractivity contribution in [2.24, 2.45) is 0 Å². The second-order valence-electron chi connectivity index (χ2n) is 5.48. The SMILES string of the molecule is N#CCCCOc1cccc(NC(=O)Cc2csc(-c3ccco3)n2)c1. The Bertz CT molecular complexity index is 897. The Hall–Kier alpha value is -3.11. The lowest BCUT2D eigenvalue weighted by Crippen LogP contribution is -2.14. The number of anilines is 1. The average Bonchev–Trinajstić information content (AvgIpc) is 3.30. The van der Waals surface area contributed by atoms with E-state index in [0.717, 1.165) is 5.01 Å². The first-order valence-electron chi connectivity index (χ1n) is 8.12. The Labute approximate surface area is 155 Å². The number of unbranched alkanes of at least 4 members (excludes halogenated alkanes) is 1. The summed E-state index contributed by atoms with van der Waals surface area (Å²) in [6.45, 7) is 0.472. The first-order chi connectivity index (χ1) is 12.7. The summed E-state index contributed by atoms with van der Waals surface area (Å²) in [7, 11) is 0. The quantitative estimate of drug-likeness (QED) is 0.601. The van der Waals surface area contributed by atoms with E-state index in [2.05, 4.69) is 16.4 Å². The molecule has 2 heterocycles. The van der Waals surface area contributed by atoms with E-state index in [0.29, 0.717) is 42.3 Å². The van der Waals surface area contributed by atoms with Gasteiger partial charge < -0.3 is 14.5 Å². The van der Waals surface area contributed by atoms with Crippen molar-refractivity contribution >= 4 is 22.9 Å². The molecule has 0 radical (unpaired) electrons. The van der Waals surface area contributed by atoms with Crippen molar-refractivity contribution in [3.05, 3.63) is 53.7 Å². The van der Waals surface area contributed by atoms with E-state index in [9.17, 15) is 4.79 Å². The van der Waals surface area contributed by atoms with Gasteiger partial charge in [-0.05, 0) is 30.7 Å². The number of hydrogen-bond acceptors (Lipinski definition) is 6. The Morgan fingerprint density at radius 1 is 1.35 bits per heavy atom. The summed E-state index contributed by atoms with van der Waals surface area (Å²) in [5, 5.41) is 14.0. The van der Waals surface area contributed by atoms with Crippen molar-refractivity contribution in [1.82, 2.24) is 4.98 Å². The fraction of sp³-hybridized carbons (Fsp3) is 0.211. The molecule has 0 aliphatic carbocycles. The van der Waals surface area contributed by atoms with Gasteiger partial charge in [0.25, 0.3) is 0 Å². The summed E-state index contributed by atoms with van der Waals surface area (Å²) in [4.78, 5) is 16.7. The van der Waals surface area contributed by atoms with Gasteiger partial charge in [-0.1, -0.05) is 6.07 Å². The molecule has 0 aliphatic rings. The standard InChI is InChI=1S/C19H17N3O3S/c20-8-1-2-9-24-16-6-3-5-14(11-16)21-18(23)12-15-13-26-19(22-15)17-7-4-10-25-17/h3-7,10-11,13H,1-2,9,12H2,(H,21,23). The maximum atomic E-state index is 12.2. The van der Waals surface area contributed by atoms with Gasteiger partial charge in [-0.2, -0.15) is 5.26 Å². The summed E-state index contributed by atoms with van der Waals surface area (Å²) >= 11 is 1.44. The molecule has 0 bridgehead atoms. The highest BCUT2D eigenvalue weighted by Crippen LogP contribution is 2.24. The second kappa shape index (κ2) is 8.83. The van der Waals surface area contributed by atoms with Gasteiger partial charge in [-0.25, -0.2) is 4.98 Å². The van der Waals surface area contributed by atoms with Gasteiger partial charge in [0.1, 0.15) is 5.75 Å². The second-order valence-corrected chi connectivity index (χ2v) is 6.34. The first kappa shape index (κ1) is 17.7. The number of rotatable bonds is 8. The summed E-state index contributed by atoms with van der Waals surface area (Å²) in [6.07, 6.45) is 2.92. The van der Waals surface area contributed by atoms with Crippen LogP contribution in [0.15, 0.2) is 52.5 Å². The minimum Gasteiger partial charge on any atom is -0.493 e. The molecule has 132 valence electrons. The number of nitrogens with zero attached hydrogens (tertiary/aromatic N) is 2. The molecule has 0 atom stereocenters. The van der Waals surface area contributed by atoms with E-state index in [4.69, 9.17) is 14.4 Å². The Morgan fingerprint density at radius 2 is 2.27 bits per heavy atom. The summed E-state index contributed by atoms with van der Waals surface area (Å²) in [5.74, 6) is 1.21. The van der Waals surface area contributed by atoms with Gasteiger partial charge in [-0.15, -0.1) is 11.3 Å². The fourth-order valence-corrected chi connectivity index (χ4v) is 3.06. The molecular formula is C19H17N3O3S. The number of amides is 1. The topological polar surface area (TPSA) is 88.1 Å². The first-order valence-corrected chi connectivity index (χ1v) is 9.00. The highest BCUT2D eigenvalue weighted by molar-refractivity contribution is 7.13. The average molecular weight is 367 g/mol. The third-order valence-corrected chi connectivity index (χ3v) is 4.35. The van der Waals surface area contributed by atoms with Crippen LogP contribution in [0.3, 0.4) is 0 Å². The molecular weight excluding hydrogens is 350 g/mol. The molecule has 0 unspecified atom stereocenters. The van der Waals surface area contributed by atoms with Gasteiger partial charge in [-0.3, -0.25) is 4.79 Å². The number of hydrogen-bond donors (Lipinski definition) is 1. The zero-order valence-corrected chi connectivity index (χ0v) is 14.8. The molecule has 1 aromatic carbocycles. The number of furan rings is 1. The lowest BCUT2D eigenvalue weighted by atomic mass is 10.2. The van der Waals surface area contributed by atoms with Gasteiger partial charge >= 0.3 is 0 Å². The molecule has 1 N–H and O–H groups in total. The highest BCUT2D eigenvalue weighted by atomic mass is 32.1. The molecule has 2 aromatic heterocycles. The lowest BCUT2D eigenvalue weighted by Gasteiger charge is -2.08. The van der Waals surface area contributed by atoms with E-state index in [1.165, 1.54) is 11.3 Å². The summed E-state index contributed by atoms with van der Waals surface area (Å²) in [6, 6.07) is 12.9. The van der Waals surface area contributed by atoms with E-state index in [1.807, 2.05) is 23.6 Å². The van der Waals surface area contributed by atoms with Gasteiger partial charge in [0.15, 0.2) is 10.8 Å². The molecule has 0 saturated carbocycles. The molecule has 7 heteroatoms. The van der Waals surface area contributed by atoms with Gasteiger partial charge in [0.2, 0.25) is 5.91 Å². The van der Waals surface area contributed by atoms with Crippen LogP contribution in [0.2, 0.25) is 0 Å². The maximum Gasteiger partial charge on any atom is 0.230 e. The molecule has 3 aromatic rings. The molecule has 0 saturated heterocycles. The van der Waals surface area contributed by atoms with Crippen LogP contribution >= 0.6 is 11.3 Å². The predicted octanol–water partition coefficient (Wildman–Crippen LogP) is 4.27. The number of carbonyl (C=O) groups is 1. The minimum absolute atomic E-state index is 0.150. The van der Waals surface area contributed by atoms with E-state index >= 15 is 0 Å². The minimum atomic E-state index is -0.150. The highest BCUT2D eigenvalue weighted by Gasteiger charge is 2.11. The molecule has 26 heavy (non-hydrogen) atoms. The normalized spacial score (nSPS) is 10.3. The number of nitrogens with one attached hydrogen (secondary N) is 1. The van der Waals surface area contributed by atoms with Crippen LogP contribution in [0, 0.1) is 11.3 Å². The van der Waals surface area contributed by atoms with Crippen LogP contribution in [-0.4, -0.2) is 17.5 Å². The lowest BCUT2D eigenvalue weighted by molar-refractivity contribution is -0.115. The Morgan fingerprint density at radius 3 is 3.08 bits per heavy atom. The maximum absolute atomic E-state index is 12.2. The van der Waals surface area contributed by atoms with Crippen LogP contribution in [-0.2, 0) is 11.2 Å². The number of benzene rings is 1. The Kier molecular flexibility index (Phi) is 6.01. The fourth-order valence-electron chi connectivity index (χ4n) is 2.28. The van der Waals surface area contributed by atoms with Crippen LogP contribution in [0.25, 0.3) is 10.8 Å². The van der Waals surface area contributed by atoms with Crippen molar-refractivity contribution in [3.63, 3.8) is 0 Å². The van der Waals surface area contributed by atoms with Crippen molar-refractivity contribution < 1.29 is 13.9 Å². The van der Waals surface area contributed by atoms with Gasteiger partial charge in [0, 0.05) is 23.6 Å². The zero-order chi connectivity index (χ0) is 18.2. The smallest absolute Gasteiger partial charge is 0.230 e. The molecule has 0 spiro atoms. The van der Waals surface area contributed by atoms with E-state index < -0.39 is 0 Å². The van der Waals surface area contributed by atoms with Gasteiger partial charge in [0.05, 0.1) is 31.1 Å². The van der Waals surface area contributed by atoms with Crippen LogP contribution in [0.4, 0.5) is 5.69 Å². The summed E-state index contributed by atoms with van der Waals surface area (Å²) < 4.78 is 10.9. The van der Waals surface area contributed by atoms with Crippen molar-refractivity contribution in [1.29, 1.82) is 5.26 Å². The molecule has 6 nitrogen and oxygen atoms in total. The monoisotopic (exact) mass is 367 g/mol. The number of nitriles is 1. The number of carbonyl (C=O) groups excluding carboxylic acids is 1. The molecule has 1 amide bonds. The van der Waals surface area contributed by atoms with Crippen LogP contribution in [0.5, 0.6) is 5.75 Å². The third kappa shape index (κ3) is 4.94. The van der Waals surface area contributed by atoms with Crippen LogP contribution in [0.1, 0.15) is 18.5 Å². The Balaban J connectivity index is 1.54. The molecule has 0 aliphatic heterocycles. The number of ether oxygens (including phenoxy) is 1. The largest absolute Gasteiger partial charge is 0.493 e. The van der Waals surface area contributed by atoms with Crippen LogP contribution < -0.4 is 10.1 Å². The molecule has 3 rings (SSSR count). The molecule has 0 fully saturated rings. The van der Waals surface area contributed by atoms with E-state index in [1.54, 1.807) is 24.5 Å². The predicted molar refractivity (Wildman–Crippen MR) is 98.9 cm³/mol. The third-order valence-electron chi connectivity index (χ3n) is 3.44. The zero-order valence-electron chi connectivity index (χ0n) is 14.0. The van der Waals surface area contributed by atoms with Crippen molar-refractivity contribution in [2.45, 2.75) is 19.3 Å². The van der Waals surface area contributed by atoms with Crippen molar-refractivity contribution in [3.8, 4) is 22.6 Å².